The van der Waals surface area contributed by atoms with Crippen LogP contribution in [0.2, 0.25) is 0 Å². The highest BCUT2D eigenvalue weighted by Gasteiger charge is 2.29. The fourth-order valence-corrected chi connectivity index (χ4v) is 3.22. The summed E-state index contributed by atoms with van der Waals surface area (Å²) in [5.74, 6) is 0. The minimum atomic E-state index is -0.0576. The number of nitrogens with zero attached hydrogens (tertiary/aromatic N) is 3. The molecule has 0 saturated carbocycles. The minimum absolute atomic E-state index is 0.0576. The summed E-state index contributed by atoms with van der Waals surface area (Å²) in [7, 11) is 2.18. The van der Waals surface area contributed by atoms with E-state index >= 15 is 0 Å². The first-order valence-corrected chi connectivity index (χ1v) is 7.01. The van der Waals surface area contributed by atoms with Gasteiger partial charge in [-0.2, -0.15) is 5.26 Å². The van der Waals surface area contributed by atoms with Crippen LogP contribution in [0, 0.1) is 11.3 Å². The Morgan fingerprint density at radius 2 is 2.41 bits per heavy atom. The topological polar surface area (TPSA) is 30.3 Å². The van der Waals surface area contributed by atoms with Crippen LogP contribution in [0.5, 0.6) is 0 Å². The van der Waals surface area contributed by atoms with Crippen molar-refractivity contribution in [2.45, 2.75) is 25.4 Å². The lowest BCUT2D eigenvalue weighted by molar-refractivity contribution is 0.0782. The van der Waals surface area contributed by atoms with Crippen molar-refractivity contribution in [3.05, 3.63) is 22.4 Å². The van der Waals surface area contributed by atoms with E-state index in [2.05, 4.69) is 35.9 Å². The van der Waals surface area contributed by atoms with Gasteiger partial charge >= 0.3 is 0 Å². The summed E-state index contributed by atoms with van der Waals surface area (Å²) in [6.45, 7) is 5.27. The molecule has 4 heteroatoms. The van der Waals surface area contributed by atoms with Crippen molar-refractivity contribution < 1.29 is 0 Å². The first kappa shape index (κ1) is 12.6. The molecule has 1 aliphatic rings. The first-order chi connectivity index (χ1) is 8.26. The molecule has 0 amide bonds. The number of hydrogen-bond acceptors (Lipinski definition) is 4. The van der Waals surface area contributed by atoms with Gasteiger partial charge in [-0.3, -0.25) is 4.90 Å². The second kappa shape index (κ2) is 5.63. The summed E-state index contributed by atoms with van der Waals surface area (Å²) < 4.78 is 0. The Hall–Kier alpha value is -0.890. The van der Waals surface area contributed by atoms with E-state index in [9.17, 15) is 5.26 Å². The Kier molecular flexibility index (Phi) is 4.16. The van der Waals surface area contributed by atoms with E-state index in [0.29, 0.717) is 6.04 Å². The van der Waals surface area contributed by atoms with Gasteiger partial charge in [-0.1, -0.05) is 13.0 Å². The van der Waals surface area contributed by atoms with Gasteiger partial charge in [0.2, 0.25) is 0 Å². The van der Waals surface area contributed by atoms with Crippen molar-refractivity contribution in [2.75, 3.05) is 26.7 Å². The zero-order chi connectivity index (χ0) is 12.3. The molecule has 0 radical (unpaired) electrons. The van der Waals surface area contributed by atoms with Crippen molar-refractivity contribution in [1.82, 2.24) is 9.80 Å². The minimum Gasteiger partial charge on any atom is -0.301 e. The summed E-state index contributed by atoms with van der Waals surface area (Å²) in [4.78, 5) is 5.89. The van der Waals surface area contributed by atoms with Gasteiger partial charge in [0.15, 0.2) is 0 Å². The molecule has 0 N–H and O–H groups in total. The zero-order valence-electron chi connectivity index (χ0n) is 10.5. The molecule has 3 nitrogen and oxygen atoms in total. The van der Waals surface area contributed by atoms with Crippen LogP contribution >= 0.6 is 11.3 Å². The molecule has 0 bridgehead atoms. The predicted molar refractivity (Wildman–Crippen MR) is 71.0 cm³/mol. The molecule has 1 aromatic heterocycles. The second-order valence-corrected chi connectivity index (χ2v) is 5.56. The lowest BCUT2D eigenvalue weighted by Crippen LogP contribution is -2.51. The van der Waals surface area contributed by atoms with E-state index in [0.717, 1.165) is 26.1 Å². The van der Waals surface area contributed by atoms with Crippen LogP contribution < -0.4 is 0 Å². The van der Waals surface area contributed by atoms with E-state index in [1.807, 2.05) is 11.4 Å². The quantitative estimate of drug-likeness (QED) is 0.823. The molecule has 2 rings (SSSR count). The van der Waals surface area contributed by atoms with Crippen LogP contribution in [0.1, 0.15) is 24.3 Å². The van der Waals surface area contributed by atoms with Gasteiger partial charge < -0.3 is 4.90 Å². The van der Waals surface area contributed by atoms with E-state index in [-0.39, 0.29) is 6.04 Å². The molecule has 1 aliphatic heterocycles. The molecule has 1 saturated heterocycles. The molecule has 0 aliphatic carbocycles. The third-order valence-electron chi connectivity index (χ3n) is 3.58. The molecular formula is C13H19N3S. The Balaban J connectivity index is 2.09. The van der Waals surface area contributed by atoms with Crippen LogP contribution in [0.4, 0.5) is 0 Å². The molecule has 2 unspecified atom stereocenters. The monoisotopic (exact) mass is 249 g/mol. The molecule has 2 heterocycles. The van der Waals surface area contributed by atoms with Crippen molar-refractivity contribution in [3.8, 4) is 6.07 Å². The van der Waals surface area contributed by atoms with Crippen LogP contribution in [0.25, 0.3) is 0 Å². The van der Waals surface area contributed by atoms with E-state index in [4.69, 9.17) is 0 Å². The zero-order valence-corrected chi connectivity index (χ0v) is 11.3. The summed E-state index contributed by atoms with van der Waals surface area (Å²) in [5, 5.41) is 11.4. The largest absolute Gasteiger partial charge is 0.301 e. The van der Waals surface area contributed by atoms with Crippen molar-refractivity contribution >= 4 is 11.3 Å². The molecule has 2 atom stereocenters. The van der Waals surface area contributed by atoms with Gasteiger partial charge in [-0.15, -0.1) is 11.3 Å². The van der Waals surface area contributed by atoms with Crippen molar-refractivity contribution in [2.24, 2.45) is 0 Å². The maximum Gasteiger partial charge on any atom is 0.133 e. The Labute approximate surface area is 107 Å². The van der Waals surface area contributed by atoms with Gasteiger partial charge in [0, 0.05) is 30.6 Å². The molecule has 0 aromatic carbocycles. The maximum atomic E-state index is 9.38. The maximum absolute atomic E-state index is 9.38. The Bertz CT molecular complexity index is 382. The van der Waals surface area contributed by atoms with E-state index < -0.39 is 0 Å². The van der Waals surface area contributed by atoms with Gasteiger partial charge in [0.1, 0.15) is 6.04 Å². The third kappa shape index (κ3) is 2.68. The van der Waals surface area contributed by atoms with Gasteiger partial charge in [0.05, 0.1) is 6.07 Å². The smallest absolute Gasteiger partial charge is 0.133 e. The number of thiophene rings is 1. The second-order valence-electron chi connectivity index (χ2n) is 4.58. The van der Waals surface area contributed by atoms with Crippen molar-refractivity contribution in [1.29, 1.82) is 5.26 Å². The summed E-state index contributed by atoms with van der Waals surface area (Å²) in [6.07, 6.45) is 1.15. The SMILES string of the molecule is CCC1CN(C(C#N)c2cccs2)CCN1C. The van der Waals surface area contributed by atoms with Crippen LogP contribution in [0.15, 0.2) is 17.5 Å². The lowest BCUT2D eigenvalue weighted by atomic mass is 10.1. The van der Waals surface area contributed by atoms with E-state index in [1.165, 1.54) is 4.88 Å². The molecule has 92 valence electrons. The van der Waals surface area contributed by atoms with Crippen LogP contribution in [-0.2, 0) is 0 Å². The highest BCUT2D eigenvalue weighted by molar-refractivity contribution is 7.10. The standard InChI is InChI=1S/C13H19N3S/c1-3-11-10-16(7-6-15(11)2)12(9-14)13-5-4-8-17-13/h4-5,8,11-12H,3,6-7,10H2,1-2H3. The Morgan fingerprint density at radius 3 is 3.00 bits per heavy atom. The fourth-order valence-electron chi connectivity index (χ4n) is 2.42. The highest BCUT2D eigenvalue weighted by Crippen LogP contribution is 2.26. The summed E-state index contributed by atoms with van der Waals surface area (Å²) in [6, 6.07) is 7.07. The number of likely N-dealkylation sites (N-methyl/N-ethyl adjacent to an activating group) is 1. The molecule has 17 heavy (non-hydrogen) atoms. The van der Waals surface area contributed by atoms with Gasteiger partial charge in [0.25, 0.3) is 0 Å². The van der Waals surface area contributed by atoms with Crippen LogP contribution in [0.3, 0.4) is 0 Å². The molecular weight excluding hydrogens is 230 g/mol. The van der Waals surface area contributed by atoms with Crippen molar-refractivity contribution in [3.63, 3.8) is 0 Å². The highest BCUT2D eigenvalue weighted by atomic mass is 32.1. The third-order valence-corrected chi connectivity index (χ3v) is 4.50. The van der Waals surface area contributed by atoms with Crippen LogP contribution in [-0.4, -0.2) is 42.5 Å². The molecule has 1 aromatic rings. The number of rotatable bonds is 3. The molecule has 1 fully saturated rings. The van der Waals surface area contributed by atoms with E-state index in [1.54, 1.807) is 11.3 Å². The number of piperazine rings is 1. The van der Waals surface area contributed by atoms with Gasteiger partial charge in [-0.25, -0.2) is 0 Å². The number of hydrogen-bond donors (Lipinski definition) is 0. The summed E-state index contributed by atoms with van der Waals surface area (Å²) >= 11 is 1.68. The Morgan fingerprint density at radius 1 is 1.59 bits per heavy atom. The average Bonchev–Trinajstić information content (AvgIpc) is 2.86. The van der Waals surface area contributed by atoms with Gasteiger partial charge in [-0.05, 0) is 24.9 Å². The average molecular weight is 249 g/mol. The summed E-state index contributed by atoms with van der Waals surface area (Å²) in [5.41, 5.74) is 0. The fraction of sp³-hybridized carbons (Fsp3) is 0.615. The predicted octanol–water partition coefficient (Wildman–Crippen LogP) is 2.34. The molecule has 0 spiro atoms. The number of nitriles is 1. The lowest BCUT2D eigenvalue weighted by Gasteiger charge is -2.40. The normalized spacial score (nSPS) is 24.4. The first-order valence-electron chi connectivity index (χ1n) is 6.13.